The van der Waals surface area contributed by atoms with Gasteiger partial charge in [-0.25, -0.2) is 4.39 Å². The van der Waals surface area contributed by atoms with Crippen LogP contribution in [0.1, 0.15) is 35.3 Å². The highest BCUT2D eigenvalue weighted by Crippen LogP contribution is 2.19. The minimum absolute atomic E-state index is 0.0627. The summed E-state index contributed by atoms with van der Waals surface area (Å²) in [7, 11) is 0. The molecule has 0 atom stereocenters. The third-order valence-electron chi connectivity index (χ3n) is 5.29. The number of halogens is 1. The number of nitrogens with two attached hydrogens (primary N) is 1. The average Bonchev–Trinajstić information content (AvgIpc) is 2.75. The van der Waals surface area contributed by atoms with E-state index in [1.165, 1.54) is 41.0 Å². The van der Waals surface area contributed by atoms with Crippen molar-refractivity contribution in [2.24, 2.45) is 0 Å². The number of nitrogens with zero attached hydrogens (tertiary/aromatic N) is 2. The van der Waals surface area contributed by atoms with E-state index < -0.39 is 5.82 Å². The van der Waals surface area contributed by atoms with Crippen LogP contribution in [-0.4, -0.2) is 34.9 Å². The molecule has 5 nitrogen and oxygen atoms in total. The molecule has 0 aliphatic rings. The number of ketones is 1. The van der Waals surface area contributed by atoms with Crippen molar-refractivity contribution >= 4 is 11.6 Å². The lowest BCUT2D eigenvalue weighted by atomic mass is 10.0. The van der Waals surface area contributed by atoms with Crippen LogP contribution in [0.3, 0.4) is 0 Å². The van der Waals surface area contributed by atoms with Crippen molar-refractivity contribution in [3.63, 3.8) is 0 Å². The van der Waals surface area contributed by atoms with Crippen molar-refractivity contribution in [3.8, 4) is 5.69 Å². The Kier molecular flexibility index (Phi) is 6.79. The molecule has 3 aromatic rings. The van der Waals surface area contributed by atoms with Crippen LogP contribution in [0.25, 0.3) is 5.69 Å². The summed E-state index contributed by atoms with van der Waals surface area (Å²) in [5.41, 5.74) is 8.16. The maximum absolute atomic E-state index is 13.2. The molecule has 1 heterocycles. The molecular formula is C24H26FN3O2. The third kappa shape index (κ3) is 4.66. The smallest absolute Gasteiger partial charge is 0.256 e. The van der Waals surface area contributed by atoms with E-state index in [0.29, 0.717) is 11.3 Å². The van der Waals surface area contributed by atoms with E-state index in [9.17, 15) is 14.0 Å². The lowest BCUT2D eigenvalue weighted by Gasteiger charge is -2.18. The normalized spacial score (nSPS) is 11.1. The number of hydrogen-bond acceptors (Lipinski definition) is 4. The molecule has 0 spiro atoms. The number of nitrogen functional groups attached to an aromatic ring is 1. The Labute approximate surface area is 175 Å². The van der Waals surface area contributed by atoms with Gasteiger partial charge in [-0.1, -0.05) is 26.0 Å². The van der Waals surface area contributed by atoms with Gasteiger partial charge in [0, 0.05) is 18.2 Å². The number of benzene rings is 2. The van der Waals surface area contributed by atoms with E-state index in [0.717, 1.165) is 31.6 Å². The maximum Gasteiger partial charge on any atom is 0.256 e. The number of carbonyl (C=O) groups is 1. The van der Waals surface area contributed by atoms with Crippen molar-refractivity contribution in [1.82, 2.24) is 9.47 Å². The maximum atomic E-state index is 13.2. The first-order chi connectivity index (χ1) is 14.4. The van der Waals surface area contributed by atoms with E-state index >= 15 is 0 Å². The molecule has 0 aliphatic carbocycles. The molecule has 0 bridgehead atoms. The Bertz CT molecular complexity index is 1070. The van der Waals surface area contributed by atoms with Gasteiger partial charge in [0.05, 0.1) is 11.3 Å². The Hall–Kier alpha value is -3.25. The molecule has 0 saturated heterocycles. The standard InChI is InChI=1S/C24H26FN3O2/c1-3-27(4-2)16-15-17-5-11-20(12-6-17)28-22(29)14-13-21(24(28)26)23(30)18-7-9-19(25)10-8-18/h5-14H,3-4,15-16,26H2,1-2H3. The zero-order chi connectivity index (χ0) is 21.7. The number of anilines is 1. The molecular weight excluding hydrogens is 381 g/mol. The molecule has 0 saturated carbocycles. The van der Waals surface area contributed by atoms with Gasteiger partial charge in [0.15, 0.2) is 5.78 Å². The van der Waals surface area contributed by atoms with Gasteiger partial charge in [-0.2, -0.15) is 0 Å². The molecule has 0 unspecified atom stereocenters. The second kappa shape index (κ2) is 9.50. The van der Waals surface area contributed by atoms with Crippen molar-refractivity contribution in [3.05, 3.63) is 93.5 Å². The molecule has 6 heteroatoms. The molecule has 3 rings (SSSR count). The molecule has 30 heavy (non-hydrogen) atoms. The van der Waals surface area contributed by atoms with E-state index in [1.807, 2.05) is 24.3 Å². The first kappa shape index (κ1) is 21.5. The Morgan fingerprint density at radius 3 is 2.20 bits per heavy atom. The summed E-state index contributed by atoms with van der Waals surface area (Å²) in [4.78, 5) is 27.6. The predicted octanol–water partition coefficient (Wildman–Crippen LogP) is 3.67. The van der Waals surface area contributed by atoms with Crippen molar-refractivity contribution < 1.29 is 9.18 Å². The molecule has 156 valence electrons. The number of hydrogen-bond donors (Lipinski definition) is 1. The Morgan fingerprint density at radius 1 is 0.967 bits per heavy atom. The number of aromatic nitrogens is 1. The van der Waals surface area contributed by atoms with Crippen molar-refractivity contribution in [2.75, 3.05) is 25.4 Å². The zero-order valence-electron chi connectivity index (χ0n) is 17.3. The second-order valence-electron chi connectivity index (χ2n) is 7.09. The van der Waals surface area contributed by atoms with Crippen molar-refractivity contribution in [1.29, 1.82) is 0 Å². The number of pyridine rings is 1. The summed E-state index contributed by atoms with van der Waals surface area (Å²) in [6.07, 6.45) is 0.912. The first-order valence-electron chi connectivity index (χ1n) is 10.1. The molecule has 2 N–H and O–H groups in total. The fraction of sp³-hybridized carbons (Fsp3) is 0.250. The highest BCUT2D eigenvalue weighted by atomic mass is 19.1. The van der Waals surface area contributed by atoms with Crippen LogP contribution < -0.4 is 11.3 Å². The summed E-state index contributed by atoms with van der Waals surface area (Å²) >= 11 is 0. The fourth-order valence-corrected chi connectivity index (χ4v) is 3.41. The van der Waals surface area contributed by atoms with Gasteiger partial charge in [-0.3, -0.25) is 14.2 Å². The van der Waals surface area contributed by atoms with Crippen LogP contribution in [0.15, 0.2) is 65.5 Å². The SMILES string of the molecule is CCN(CC)CCc1ccc(-n2c(N)c(C(=O)c3ccc(F)cc3)ccc2=O)cc1. The van der Waals surface area contributed by atoms with Crippen LogP contribution in [0.4, 0.5) is 10.2 Å². The zero-order valence-corrected chi connectivity index (χ0v) is 17.3. The highest BCUT2D eigenvalue weighted by molar-refractivity contribution is 6.11. The van der Waals surface area contributed by atoms with Gasteiger partial charge in [0.2, 0.25) is 0 Å². The fourth-order valence-electron chi connectivity index (χ4n) is 3.41. The van der Waals surface area contributed by atoms with Gasteiger partial charge in [-0.15, -0.1) is 0 Å². The summed E-state index contributed by atoms with van der Waals surface area (Å²) in [5.74, 6) is -0.726. The van der Waals surface area contributed by atoms with E-state index in [4.69, 9.17) is 5.73 Å². The van der Waals surface area contributed by atoms with E-state index in [-0.39, 0.29) is 22.7 Å². The largest absolute Gasteiger partial charge is 0.384 e. The lowest BCUT2D eigenvalue weighted by Crippen LogP contribution is -2.25. The Balaban J connectivity index is 1.89. The average molecular weight is 407 g/mol. The third-order valence-corrected chi connectivity index (χ3v) is 5.29. The molecule has 0 aliphatic heterocycles. The molecule has 0 amide bonds. The van der Waals surface area contributed by atoms with Gasteiger partial charge in [0.1, 0.15) is 11.6 Å². The molecule has 1 aromatic heterocycles. The van der Waals surface area contributed by atoms with Crippen LogP contribution in [0.2, 0.25) is 0 Å². The van der Waals surface area contributed by atoms with Crippen LogP contribution in [0.5, 0.6) is 0 Å². The molecule has 2 aromatic carbocycles. The number of likely N-dealkylation sites (N-methyl/N-ethyl adjacent to an activating group) is 1. The van der Waals surface area contributed by atoms with Gasteiger partial charge in [-0.05, 0) is 67.5 Å². The number of rotatable bonds is 8. The predicted molar refractivity (Wildman–Crippen MR) is 118 cm³/mol. The van der Waals surface area contributed by atoms with E-state index in [1.54, 1.807) is 0 Å². The Morgan fingerprint density at radius 2 is 1.60 bits per heavy atom. The minimum Gasteiger partial charge on any atom is -0.384 e. The first-order valence-corrected chi connectivity index (χ1v) is 10.1. The molecule has 0 radical (unpaired) electrons. The summed E-state index contributed by atoms with van der Waals surface area (Å²) < 4.78 is 14.5. The van der Waals surface area contributed by atoms with Gasteiger partial charge >= 0.3 is 0 Å². The lowest BCUT2D eigenvalue weighted by molar-refractivity contribution is 0.103. The minimum atomic E-state index is -0.425. The van der Waals surface area contributed by atoms with Crippen LogP contribution >= 0.6 is 0 Å². The second-order valence-corrected chi connectivity index (χ2v) is 7.09. The van der Waals surface area contributed by atoms with Crippen LogP contribution in [-0.2, 0) is 6.42 Å². The van der Waals surface area contributed by atoms with Gasteiger partial charge in [0.25, 0.3) is 5.56 Å². The van der Waals surface area contributed by atoms with Crippen molar-refractivity contribution in [2.45, 2.75) is 20.3 Å². The summed E-state index contributed by atoms with van der Waals surface area (Å²) in [6, 6.07) is 15.6. The van der Waals surface area contributed by atoms with Crippen LogP contribution in [0, 0.1) is 5.82 Å². The highest BCUT2D eigenvalue weighted by Gasteiger charge is 2.17. The quantitative estimate of drug-likeness (QED) is 0.579. The topological polar surface area (TPSA) is 68.3 Å². The van der Waals surface area contributed by atoms with Gasteiger partial charge < -0.3 is 10.6 Å². The number of carbonyl (C=O) groups excluding carboxylic acids is 1. The monoisotopic (exact) mass is 407 g/mol. The summed E-state index contributed by atoms with van der Waals surface area (Å²) in [6.45, 7) is 7.27. The molecule has 0 fully saturated rings. The summed E-state index contributed by atoms with van der Waals surface area (Å²) in [5, 5.41) is 0. The van der Waals surface area contributed by atoms with E-state index in [2.05, 4.69) is 18.7 Å².